The van der Waals surface area contributed by atoms with Gasteiger partial charge in [-0.25, -0.2) is 4.98 Å². The van der Waals surface area contributed by atoms with Crippen molar-refractivity contribution in [3.8, 4) is 5.75 Å². The summed E-state index contributed by atoms with van der Waals surface area (Å²) < 4.78 is 7.24. The number of anilines is 1. The molecule has 1 heterocycles. The van der Waals surface area contributed by atoms with Crippen LogP contribution in [0.5, 0.6) is 5.75 Å². The number of nitrogens with zero attached hydrogens (tertiary/aromatic N) is 4. The van der Waals surface area contributed by atoms with Crippen LogP contribution in [0.4, 0.5) is 10.8 Å². The average molecular weight is 525 g/mol. The lowest BCUT2D eigenvalue weighted by molar-refractivity contribution is -0.384. The summed E-state index contributed by atoms with van der Waals surface area (Å²) in [7, 11) is 0. The molecule has 0 unspecified atom stereocenters. The van der Waals surface area contributed by atoms with Crippen LogP contribution in [0.1, 0.15) is 22.8 Å². The van der Waals surface area contributed by atoms with Crippen molar-refractivity contribution >= 4 is 60.4 Å². The second-order valence-electron chi connectivity index (χ2n) is 6.78. The Morgan fingerprint density at radius 3 is 2.58 bits per heavy atom. The van der Waals surface area contributed by atoms with Crippen LogP contribution in [-0.4, -0.2) is 28.6 Å². The van der Waals surface area contributed by atoms with Crippen LogP contribution in [0.3, 0.4) is 0 Å². The molecule has 0 aliphatic heterocycles. The van der Waals surface area contributed by atoms with Crippen molar-refractivity contribution in [2.45, 2.75) is 6.92 Å². The average Bonchev–Trinajstić information content (AvgIpc) is 3.23. The molecule has 0 radical (unpaired) electrons. The molecule has 10 heteroatoms. The molecule has 166 valence electrons. The van der Waals surface area contributed by atoms with Crippen LogP contribution in [0, 0.1) is 10.1 Å². The van der Waals surface area contributed by atoms with Gasteiger partial charge in [0.25, 0.3) is 11.6 Å². The van der Waals surface area contributed by atoms with Gasteiger partial charge in [-0.2, -0.15) is 10.1 Å². The molecule has 1 amide bonds. The van der Waals surface area contributed by atoms with Crippen molar-refractivity contribution < 1.29 is 14.5 Å². The maximum absolute atomic E-state index is 13.3. The highest BCUT2D eigenvalue weighted by molar-refractivity contribution is 9.10. The minimum atomic E-state index is -0.512. The largest absolute Gasteiger partial charge is 0.494 e. The number of benzene rings is 3. The van der Waals surface area contributed by atoms with E-state index in [9.17, 15) is 14.9 Å². The highest BCUT2D eigenvalue weighted by Gasteiger charge is 2.22. The second kappa shape index (κ2) is 9.88. The van der Waals surface area contributed by atoms with Crippen molar-refractivity contribution in [1.82, 2.24) is 4.98 Å². The molecule has 0 N–H and O–H groups in total. The first kappa shape index (κ1) is 22.6. The van der Waals surface area contributed by atoms with Crippen LogP contribution in [0.2, 0.25) is 0 Å². The summed E-state index contributed by atoms with van der Waals surface area (Å²) >= 11 is 4.76. The molecule has 4 aromatic rings. The fourth-order valence-corrected chi connectivity index (χ4v) is 4.43. The van der Waals surface area contributed by atoms with Gasteiger partial charge < -0.3 is 4.74 Å². The van der Waals surface area contributed by atoms with Gasteiger partial charge in [0.05, 0.1) is 28.0 Å². The number of nitro benzene ring substituents is 1. The van der Waals surface area contributed by atoms with Crippen molar-refractivity contribution in [1.29, 1.82) is 0 Å². The Morgan fingerprint density at radius 1 is 1.18 bits per heavy atom. The SMILES string of the molecule is CCOc1ccc(/C=N/N(C(=O)c2ccc([N+](=O)[O-])cc2)c2nc3ccc(Br)cc3s2)cc1. The minimum absolute atomic E-state index is 0.0965. The first-order valence-electron chi connectivity index (χ1n) is 9.86. The number of carbonyl (C=O) groups excluding carboxylic acids is 1. The molecule has 0 aliphatic carbocycles. The van der Waals surface area contributed by atoms with E-state index in [0.717, 1.165) is 26.0 Å². The van der Waals surface area contributed by atoms with Crippen LogP contribution in [0.25, 0.3) is 10.2 Å². The zero-order chi connectivity index (χ0) is 23.4. The van der Waals surface area contributed by atoms with Crippen molar-refractivity contribution in [3.05, 3.63) is 92.4 Å². The van der Waals surface area contributed by atoms with E-state index in [0.29, 0.717) is 11.7 Å². The van der Waals surface area contributed by atoms with Gasteiger partial charge in [0.15, 0.2) is 0 Å². The zero-order valence-electron chi connectivity index (χ0n) is 17.3. The number of hydrazone groups is 1. The molecule has 0 saturated carbocycles. The van der Waals surface area contributed by atoms with Gasteiger partial charge in [-0.3, -0.25) is 14.9 Å². The van der Waals surface area contributed by atoms with E-state index in [2.05, 4.69) is 26.0 Å². The number of hydrogen-bond donors (Lipinski definition) is 0. The number of carbonyl (C=O) groups is 1. The molecule has 0 fully saturated rings. The van der Waals surface area contributed by atoms with E-state index < -0.39 is 10.8 Å². The number of halogens is 1. The molecular formula is C23H17BrN4O4S. The number of aromatic nitrogens is 1. The number of fused-ring (bicyclic) bond motifs is 1. The van der Waals surface area contributed by atoms with E-state index in [-0.39, 0.29) is 11.3 Å². The maximum atomic E-state index is 13.3. The lowest BCUT2D eigenvalue weighted by Crippen LogP contribution is -2.25. The van der Waals surface area contributed by atoms with E-state index in [1.165, 1.54) is 40.6 Å². The first-order valence-corrected chi connectivity index (χ1v) is 11.5. The Balaban J connectivity index is 1.70. The van der Waals surface area contributed by atoms with Crippen LogP contribution >= 0.6 is 27.3 Å². The number of hydrogen-bond acceptors (Lipinski definition) is 7. The second-order valence-corrected chi connectivity index (χ2v) is 8.70. The molecule has 0 aliphatic rings. The van der Waals surface area contributed by atoms with Gasteiger partial charge in [-0.1, -0.05) is 27.3 Å². The third-order valence-corrected chi connectivity index (χ3v) is 6.04. The van der Waals surface area contributed by atoms with E-state index >= 15 is 0 Å². The number of nitro groups is 1. The quantitative estimate of drug-likeness (QED) is 0.166. The summed E-state index contributed by atoms with van der Waals surface area (Å²) in [5.74, 6) is 0.287. The molecule has 33 heavy (non-hydrogen) atoms. The van der Waals surface area contributed by atoms with Crippen molar-refractivity contribution in [3.63, 3.8) is 0 Å². The Hall–Kier alpha value is -3.63. The Bertz CT molecular complexity index is 1340. The Kier molecular flexibility index (Phi) is 6.76. The Morgan fingerprint density at radius 2 is 1.91 bits per heavy atom. The molecule has 4 rings (SSSR count). The number of non-ortho nitro benzene ring substituents is 1. The smallest absolute Gasteiger partial charge is 0.280 e. The summed E-state index contributed by atoms with van der Waals surface area (Å²) in [6.45, 7) is 2.48. The number of thiazole rings is 1. The van der Waals surface area contributed by atoms with E-state index in [4.69, 9.17) is 4.74 Å². The van der Waals surface area contributed by atoms with Gasteiger partial charge in [-0.05, 0) is 67.1 Å². The summed E-state index contributed by atoms with van der Waals surface area (Å²) in [6, 6.07) is 18.3. The molecule has 0 atom stereocenters. The van der Waals surface area contributed by atoms with Crippen LogP contribution in [-0.2, 0) is 0 Å². The van der Waals surface area contributed by atoms with Gasteiger partial charge in [0, 0.05) is 22.2 Å². The molecule has 0 bridgehead atoms. The monoisotopic (exact) mass is 524 g/mol. The predicted octanol–water partition coefficient (Wildman–Crippen LogP) is 6.05. The third kappa shape index (κ3) is 5.24. The highest BCUT2D eigenvalue weighted by atomic mass is 79.9. The van der Waals surface area contributed by atoms with Crippen molar-refractivity contribution in [2.75, 3.05) is 11.6 Å². The number of ether oxygens (including phenoxy) is 1. The van der Waals surface area contributed by atoms with Gasteiger partial charge in [0.2, 0.25) is 5.13 Å². The van der Waals surface area contributed by atoms with Crippen molar-refractivity contribution in [2.24, 2.45) is 5.10 Å². The normalized spacial score (nSPS) is 11.1. The lowest BCUT2D eigenvalue weighted by atomic mass is 10.2. The predicted molar refractivity (Wildman–Crippen MR) is 132 cm³/mol. The van der Waals surface area contributed by atoms with Gasteiger partial charge in [0.1, 0.15) is 5.75 Å². The highest BCUT2D eigenvalue weighted by Crippen LogP contribution is 2.32. The molecule has 0 spiro atoms. The van der Waals surface area contributed by atoms with Crippen LogP contribution in [0.15, 0.2) is 76.3 Å². The third-order valence-electron chi connectivity index (χ3n) is 4.55. The summed E-state index contributed by atoms with van der Waals surface area (Å²) in [5.41, 5.74) is 1.66. The van der Waals surface area contributed by atoms with Gasteiger partial charge in [-0.15, -0.1) is 0 Å². The van der Waals surface area contributed by atoms with Crippen LogP contribution < -0.4 is 9.75 Å². The Labute approximate surface area is 201 Å². The summed E-state index contributed by atoms with van der Waals surface area (Å²) in [5, 5.41) is 17.0. The molecule has 3 aromatic carbocycles. The molecule has 0 saturated heterocycles. The van der Waals surface area contributed by atoms with E-state index in [1.54, 1.807) is 6.21 Å². The van der Waals surface area contributed by atoms with Gasteiger partial charge >= 0.3 is 0 Å². The first-order chi connectivity index (χ1) is 15.9. The molecule has 1 aromatic heterocycles. The summed E-state index contributed by atoms with van der Waals surface area (Å²) in [6.07, 6.45) is 1.56. The fraction of sp³-hybridized carbons (Fsp3) is 0.0870. The minimum Gasteiger partial charge on any atom is -0.494 e. The maximum Gasteiger partial charge on any atom is 0.280 e. The topological polar surface area (TPSA) is 97.9 Å². The number of amides is 1. The summed E-state index contributed by atoms with van der Waals surface area (Å²) in [4.78, 5) is 28.3. The zero-order valence-corrected chi connectivity index (χ0v) is 19.7. The molecular weight excluding hydrogens is 508 g/mol. The van der Waals surface area contributed by atoms with E-state index in [1.807, 2.05) is 49.4 Å². The standard InChI is InChI=1S/C23H17BrN4O4S/c1-2-32-19-10-3-15(4-11-19)14-25-27(22(29)16-5-8-18(9-6-16)28(30)31)23-26-20-12-7-17(24)13-21(20)33-23/h3-14H,2H2,1H3/b25-14+. The number of rotatable bonds is 7. The lowest BCUT2D eigenvalue weighted by Gasteiger charge is -2.13. The molecule has 8 nitrogen and oxygen atoms in total. The fourth-order valence-electron chi connectivity index (χ4n) is 2.95.